The first-order chi connectivity index (χ1) is 20.7. The van der Waals surface area contributed by atoms with Crippen LogP contribution in [0.2, 0.25) is 0 Å². The maximum absolute atomic E-state index is 13.0. The quantitative estimate of drug-likeness (QED) is 0.200. The Labute approximate surface area is 267 Å². The zero-order valence-corrected chi connectivity index (χ0v) is 28.6. The normalized spacial score (nSPS) is 44.2. The third kappa shape index (κ3) is 4.66. The highest BCUT2D eigenvalue weighted by Crippen LogP contribution is 2.77. The van der Waals surface area contributed by atoms with Crippen LogP contribution in [0.4, 0.5) is 0 Å². The minimum Gasteiger partial charge on any atom is -0.497 e. The van der Waals surface area contributed by atoms with Crippen molar-refractivity contribution in [1.29, 1.82) is 0 Å². The monoisotopic (exact) mass is 602 g/mol. The third-order valence-electron chi connectivity index (χ3n) is 15.2. The molecule has 0 bridgehead atoms. The molecule has 5 fully saturated rings. The molecule has 44 heavy (non-hydrogen) atoms. The Morgan fingerprint density at radius 3 is 2.32 bits per heavy atom. The largest absolute Gasteiger partial charge is 0.497 e. The van der Waals surface area contributed by atoms with Crippen LogP contribution >= 0.6 is 0 Å². The van der Waals surface area contributed by atoms with E-state index in [9.17, 15) is 9.90 Å². The lowest BCUT2D eigenvalue weighted by molar-refractivity contribution is -0.249. The van der Waals surface area contributed by atoms with Crippen molar-refractivity contribution in [2.75, 3.05) is 13.7 Å². The number of carbonyl (C=O) groups is 1. The van der Waals surface area contributed by atoms with Crippen LogP contribution in [0.1, 0.15) is 111 Å². The standard InChI is InChI=1S/C40H58O4/c1-26(2)29-17-22-40(25-44-34(42)16-11-27-9-12-28(43-8)13-10-27)24-23-38(6)30(35(29)40)14-15-32-37(5)20-19-33(41)36(3,4)31(37)18-21-39(32,38)7/h9-13,16,29-33,35,41H,1,14-15,17-25H2,2-8H3/b16-11+/t29?,30?,31?,32?,33?,35?,37-,38+,39+,40?/m0/s1. The third-order valence-corrected chi connectivity index (χ3v) is 15.2. The second kappa shape index (κ2) is 11.0. The van der Waals surface area contributed by atoms with E-state index in [0.29, 0.717) is 36.2 Å². The van der Waals surface area contributed by atoms with Gasteiger partial charge in [0.05, 0.1) is 19.8 Å². The maximum atomic E-state index is 13.0. The van der Waals surface area contributed by atoms with Crippen molar-refractivity contribution in [3.63, 3.8) is 0 Å². The molecule has 6 rings (SSSR count). The molecular formula is C40H58O4. The molecule has 0 saturated heterocycles. The van der Waals surface area contributed by atoms with Crippen LogP contribution in [0.15, 0.2) is 42.5 Å². The minimum atomic E-state index is -0.245. The first-order valence-electron chi connectivity index (χ1n) is 17.5. The highest BCUT2D eigenvalue weighted by atomic mass is 16.5. The summed E-state index contributed by atoms with van der Waals surface area (Å²) in [5, 5.41) is 11.0. The van der Waals surface area contributed by atoms with Gasteiger partial charge in [-0.2, -0.15) is 0 Å². The number of esters is 1. The molecule has 5 aliphatic rings. The lowest BCUT2D eigenvalue weighted by Crippen LogP contribution is -2.66. The van der Waals surface area contributed by atoms with Crippen molar-refractivity contribution in [2.24, 2.45) is 56.7 Å². The fraction of sp³-hybridized carbons (Fsp3) is 0.725. The van der Waals surface area contributed by atoms with Crippen LogP contribution in [0.3, 0.4) is 0 Å². The zero-order valence-electron chi connectivity index (χ0n) is 28.6. The van der Waals surface area contributed by atoms with Gasteiger partial charge < -0.3 is 14.6 Å². The van der Waals surface area contributed by atoms with E-state index < -0.39 is 0 Å². The number of benzene rings is 1. The number of fused-ring (bicyclic) bond motifs is 7. The lowest BCUT2D eigenvalue weighted by atomic mass is 9.32. The molecule has 7 unspecified atom stereocenters. The Morgan fingerprint density at radius 1 is 0.909 bits per heavy atom. The molecule has 5 saturated carbocycles. The van der Waals surface area contributed by atoms with Gasteiger partial charge in [-0.1, -0.05) is 58.9 Å². The molecule has 10 atom stereocenters. The molecule has 1 aromatic carbocycles. The average Bonchev–Trinajstić information content (AvgIpc) is 3.38. The van der Waals surface area contributed by atoms with Crippen LogP contribution in [-0.2, 0) is 9.53 Å². The van der Waals surface area contributed by atoms with E-state index in [1.54, 1.807) is 13.2 Å². The van der Waals surface area contributed by atoms with Crippen molar-refractivity contribution in [2.45, 2.75) is 112 Å². The molecule has 242 valence electrons. The molecule has 4 heteroatoms. The maximum Gasteiger partial charge on any atom is 0.330 e. The van der Waals surface area contributed by atoms with Crippen LogP contribution in [0.5, 0.6) is 5.75 Å². The summed E-state index contributed by atoms with van der Waals surface area (Å²) < 4.78 is 11.4. The van der Waals surface area contributed by atoms with E-state index in [-0.39, 0.29) is 39.1 Å². The molecular weight excluding hydrogens is 544 g/mol. The summed E-state index contributed by atoms with van der Waals surface area (Å²) in [6.07, 6.45) is 15.0. The van der Waals surface area contributed by atoms with Crippen molar-refractivity contribution in [3.8, 4) is 5.75 Å². The van der Waals surface area contributed by atoms with Gasteiger partial charge in [0.2, 0.25) is 0 Å². The molecule has 1 aromatic rings. The molecule has 0 radical (unpaired) electrons. The van der Waals surface area contributed by atoms with Gasteiger partial charge in [0.1, 0.15) is 5.75 Å². The zero-order chi connectivity index (χ0) is 31.7. The number of allylic oxidation sites excluding steroid dienone is 1. The van der Waals surface area contributed by atoms with Crippen molar-refractivity contribution >= 4 is 12.0 Å². The van der Waals surface area contributed by atoms with Crippen LogP contribution in [0.25, 0.3) is 6.08 Å². The van der Waals surface area contributed by atoms with Crippen LogP contribution < -0.4 is 4.74 Å². The number of hydrogen-bond donors (Lipinski definition) is 1. The Bertz CT molecular complexity index is 1290. The molecule has 0 spiro atoms. The Balaban J connectivity index is 1.25. The van der Waals surface area contributed by atoms with Crippen LogP contribution in [0, 0.1) is 56.7 Å². The summed E-state index contributed by atoms with van der Waals surface area (Å²) in [5.41, 5.74) is 3.13. The number of aliphatic hydroxyl groups is 1. The van der Waals surface area contributed by atoms with E-state index in [1.807, 2.05) is 30.3 Å². The molecule has 0 amide bonds. The van der Waals surface area contributed by atoms with Gasteiger partial charge in [0, 0.05) is 11.5 Å². The highest BCUT2D eigenvalue weighted by molar-refractivity contribution is 5.87. The predicted molar refractivity (Wildman–Crippen MR) is 178 cm³/mol. The summed E-state index contributed by atoms with van der Waals surface area (Å²) in [4.78, 5) is 13.0. The number of ether oxygens (including phenoxy) is 2. The number of hydrogen-bond acceptors (Lipinski definition) is 4. The fourth-order valence-electron chi connectivity index (χ4n) is 12.7. The van der Waals surface area contributed by atoms with Gasteiger partial charge in [-0.05, 0) is 146 Å². The molecule has 0 heterocycles. The summed E-state index contributed by atoms with van der Waals surface area (Å²) in [6.45, 7) is 19.9. The van der Waals surface area contributed by atoms with Crippen molar-refractivity contribution < 1.29 is 19.4 Å². The number of aliphatic hydroxyl groups excluding tert-OH is 1. The number of rotatable bonds is 6. The van der Waals surface area contributed by atoms with Gasteiger partial charge in [0.15, 0.2) is 0 Å². The van der Waals surface area contributed by atoms with E-state index in [4.69, 9.17) is 9.47 Å². The summed E-state index contributed by atoms with van der Waals surface area (Å²) in [6, 6.07) is 7.72. The van der Waals surface area contributed by atoms with E-state index in [0.717, 1.165) is 43.4 Å². The van der Waals surface area contributed by atoms with Crippen molar-refractivity contribution in [3.05, 3.63) is 48.1 Å². The Hall–Kier alpha value is -2.07. The van der Waals surface area contributed by atoms with E-state index >= 15 is 0 Å². The second-order valence-corrected chi connectivity index (χ2v) is 17.1. The average molecular weight is 603 g/mol. The highest BCUT2D eigenvalue weighted by Gasteiger charge is 2.71. The first kappa shape index (κ1) is 31.9. The Kier molecular flexibility index (Phi) is 7.99. The predicted octanol–water partition coefficient (Wildman–Crippen LogP) is 9.27. The molecule has 0 aromatic heterocycles. The first-order valence-corrected chi connectivity index (χ1v) is 17.5. The molecule has 4 nitrogen and oxygen atoms in total. The summed E-state index contributed by atoms with van der Waals surface area (Å²) in [7, 11) is 1.66. The van der Waals surface area contributed by atoms with Gasteiger partial charge in [0.25, 0.3) is 0 Å². The van der Waals surface area contributed by atoms with Gasteiger partial charge >= 0.3 is 5.97 Å². The lowest BCUT2D eigenvalue weighted by Gasteiger charge is -2.73. The van der Waals surface area contributed by atoms with E-state index in [1.165, 1.54) is 37.7 Å². The number of methoxy groups -OCH3 is 1. The summed E-state index contributed by atoms with van der Waals surface area (Å²) in [5.74, 6) is 3.48. The molecule has 5 aliphatic carbocycles. The second-order valence-electron chi connectivity index (χ2n) is 17.1. The Morgan fingerprint density at radius 2 is 1.64 bits per heavy atom. The van der Waals surface area contributed by atoms with Gasteiger partial charge in [-0.25, -0.2) is 4.79 Å². The molecule has 0 aliphatic heterocycles. The minimum absolute atomic E-state index is 0.0179. The molecule has 1 N–H and O–H groups in total. The van der Waals surface area contributed by atoms with Gasteiger partial charge in [-0.15, -0.1) is 0 Å². The SMILES string of the molecule is C=C(C)C1CCC2(COC(=O)/C=C/c3ccc(OC)cc3)CC[C@]3(C)C(CCC4[C@@]5(C)CCC(O)C(C)(C)C5CC[C@]43C)C12. The smallest absolute Gasteiger partial charge is 0.330 e. The number of carbonyl (C=O) groups excluding carboxylic acids is 1. The summed E-state index contributed by atoms with van der Waals surface area (Å²) >= 11 is 0. The van der Waals surface area contributed by atoms with Crippen molar-refractivity contribution in [1.82, 2.24) is 0 Å². The van der Waals surface area contributed by atoms with Gasteiger partial charge in [-0.3, -0.25) is 0 Å². The fourth-order valence-corrected chi connectivity index (χ4v) is 12.7. The topological polar surface area (TPSA) is 55.8 Å². The van der Waals surface area contributed by atoms with Crippen LogP contribution in [-0.4, -0.2) is 30.9 Å². The van der Waals surface area contributed by atoms with E-state index in [2.05, 4.69) is 48.1 Å².